The average Bonchev–Trinajstić information content (AvgIpc) is 2.42. The number of rotatable bonds is 1. The molecule has 1 saturated heterocycles. The normalized spacial score (nSPS) is 24.5. The molecule has 0 bridgehead atoms. The lowest BCUT2D eigenvalue weighted by molar-refractivity contribution is -0.0138. The van der Waals surface area contributed by atoms with Crippen LogP contribution in [0.15, 0.2) is 16.9 Å². The van der Waals surface area contributed by atoms with Crippen LogP contribution in [0, 0.1) is 5.92 Å². The van der Waals surface area contributed by atoms with Gasteiger partial charge in [0, 0.05) is 24.9 Å². The Labute approximate surface area is 94.6 Å². The maximum Gasteiger partial charge on any atom is 0.269 e. The monoisotopic (exact) mass is 277 g/mol. The first-order chi connectivity index (χ1) is 6.99. The number of anilines is 1. The lowest BCUT2D eigenvalue weighted by Crippen LogP contribution is -2.27. The van der Waals surface area contributed by atoms with E-state index in [0.717, 1.165) is 4.47 Å². The number of hydrogen-bond acceptors (Lipinski definition) is 3. The van der Waals surface area contributed by atoms with Gasteiger partial charge in [-0.1, -0.05) is 6.92 Å². The second kappa shape index (κ2) is 3.66. The number of halogens is 3. The Morgan fingerprint density at radius 1 is 1.47 bits per heavy atom. The minimum atomic E-state index is -2.64. The SMILES string of the molecule is CC1CN(c2ncc(Br)cn2)CC1(F)F. The fraction of sp³-hybridized carbons (Fsp3) is 0.556. The number of alkyl halides is 2. The molecule has 1 aromatic rings. The van der Waals surface area contributed by atoms with Gasteiger partial charge in [-0.25, -0.2) is 18.7 Å². The van der Waals surface area contributed by atoms with Crippen molar-refractivity contribution >= 4 is 21.9 Å². The molecular formula is C9H10BrF2N3. The van der Waals surface area contributed by atoms with Crippen molar-refractivity contribution in [2.24, 2.45) is 5.92 Å². The standard InChI is InChI=1S/C9H10BrF2N3/c1-6-4-15(5-9(6,11)12)8-13-2-7(10)3-14-8/h2-3,6H,4-5H2,1H3. The van der Waals surface area contributed by atoms with Gasteiger partial charge in [0.25, 0.3) is 5.92 Å². The van der Waals surface area contributed by atoms with Crippen LogP contribution in [0.4, 0.5) is 14.7 Å². The molecule has 0 radical (unpaired) electrons. The van der Waals surface area contributed by atoms with Crippen LogP contribution in [-0.2, 0) is 0 Å². The van der Waals surface area contributed by atoms with E-state index in [0.29, 0.717) is 12.5 Å². The summed E-state index contributed by atoms with van der Waals surface area (Å²) in [5, 5.41) is 0. The van der Waals surface area contributed by atoms with E-state index in [1.165, 1.54) is 4.90 Å². The topological polar surface area (TPSA) is 29.0 Å². The molecule has 1 fully saturated rings. The van der Waals surface area contributed by atoms with Crippen molar-refractivity contribution in [2.75, 3.05) is 18.0 Å². The third kappa shape index (κ3) is 2.09. The number of aromatic nitrogens is 2. The first kappa shape index (κ1) is 10.7. The third-order valence-electron chi connectivity index (χ3n) is 2.51. The Morgan fingerprint density at radius 2 is 2.07 bits per heavy atom. The van der Waals surface area contributed by atoms with E-state index in [-0.39, 0.29) is 6.54 Å². The molecule has 15 heavy (non-hydrogen) atoms. The largest absolute Gasteiger partial charge is 0.334 e. The zero-order valence-electron chi connectivity index (χ0n) is 8.12. The van der Waals surface area contributed by atoms with Gasteiger partial charge in [0.2, 0.25) is 5.95 Å². The quantitative estimate of drug-likeness (QED) is 0.789. The van der Waals surface area contributed by atoms with Crippen molar-refractivity contribution in [3.8, 4) is 0 Å². The Kier molecular flexibility index (Phi) is 2.62. The van der Waals surface area contributed by atoms with Gasteiger partial charge in [0.05, 0.1) is 11.0 Å². The van der Waals surface area contributed by atoms with Gasteiger partial charge in [-0.2, -0.15) is 0 Å². The van der Waals surface area contributed by atoms with Gasteiger partial charge >= 0.3 is 0 Å². The third-order valence-corrected chi connectivity index (χ3v) is 2.92. The Morgan fingerprint density at radius 3 is 2.53 bits per heavy atom. The second-order valence-corrected chi connectivity index (χ2v) is 4.66. The summed E-state index contributed by atoms with van der Waals surface area (Å²) in [4.78, 5) is 9.50. The van der Waals surface area contributed by atoms with Gasteiger partial charge < -0.3 is 4.90 Å². The molecule has 0 aliphatic carbocycles. The molecule has 1 aliphatic heterocycles. The summed E-state index contributed by atoms with van der Waals surface area (Å²) < 4.78 is 27.2. The molecule has 0 aromatic carbocycles. The predicted octanol–water partition coefficient (Wildman–Crippen LogP) is 2.33. The molecule has 3 nitrogen and oxygen atoms in total. The second-order valence-electron chi connectivity index (χ2n) is 3.74. The molecule has 6 heteroatoms. The summed E-state index contributed by atoms with van der Waals surface area (Å²) in [5.41, 5.74) is 0. The number of nitrogens with zero attached hydrogens (tertiary/aromatic N) is 3. The minimum Gasteiger partial charge on any atom is -0.334 e. The van der Waals surface area contributed by atoms with E-state index < -0.39 is 11.8 Å². The summed E-state index contributed by atoms with van der Waals surface area (Å²) in [5.74, 6) is -2.93. The average molecular weight is 278 g/mol. The maximum atomic E-state index is 13.2. The molecule has 82 valence electrons. The molecule has 2 rings (SSSR count). The van der Waals surface area contributed by atoms with Crippen LogP contribution in [0.25, 0.3) is 0 Å². The lowest BCUT2D eigenvalue weighted by Gasteiger charge is -2.14. The summed E-state index contributed by atoms with van der Waals surface area (Å²) >= 11 is 3.20. The molecule has 0 spiro atoms. The van der Waals surface area contributed by atoms with Gasteiger partial charge in [-0.05, 0) is 15.9 Å². The number of hydrogen-bond donors (Lipinski definition) is 0. The molecule has 0 N–H and O–H groups in total. The van der Waals surface area contributed by atoms with E-state index in [2.05, 4.69) is 25.9 Å². The van der Waals surface area contributed by atoms with Crippen LogP contribution in [0.1, 0.15) is 6.92 Å². The molecule has 0 saturated carbocycles. The van der Waals surface area contributed by atoms with E-state index in [1.807, 2.05) is 0 Å². The Balaban J connectivity index is 2.17. The minimum absolute atomic E-state index is 0.296. The van der Waals surface area contributed by atoms with Crippen molar-refractivity contribution in [3.05, 3.63) is 16.9 Å². The molecule has 0 amide bonds. The summed E-state index contributed by atoms with van der Waals surface area (Å²) in [7, 11) is 0. The van der Waals surface area contributed by atoms with E-state index >= 15 is 0 Å². The van der Waals surface area contributed by atoms with Crippen LogP contribution in [-0.4, -0.2) is 29.0 Å². The van der Waals surface area contributed by atoms with Crippen molar-refractivity contribution in [1.82, 2.24) is 9.97 Å². The van der Waals surface area contributed by atoms with Crippen LogP contribution in [0.3, 0.4) is 0 Å². The van der Waals surface area contributed by atoms with Crippen molar-refractivity contribution < 1.29 is 8.78 Å². The predicted molar refractivity (Wildman–Crippen MR) is 56.1 cm³/mol. The Hall–Kier alpha value is -0.780. The highest BCUT2D eigenvalue weighted by molar-refractivity contribution is 9.10. The Bertz CT molecular complexity index is 355. The van der Waals surface area contributed by atoms with Crippen molar-refractivity contribution in [1.29, 1.82) is 0 Å². The smallest absolute Gasteiger partial charge is 0.269 e. The molecule has 1 atom stereocenters. The fourth-order valence-electron chi connectivity index (χ4n) is 1.56. The van der Waals surface area contributed by atoms with Crippen LogP contribution < -0.4 is 4.90 Å². The zero-order chi connectivity index (χ0) is 11.1. The summed E-state index contributed by atoms with van der Waals surface area (Å²) in [6, 6.07) is 0. The highest BCUT2D eigenvalue weighted by Gasteiger charge is 2.45. The van der Waals surface area contributed by atoms with Crippen molar-refractivity contribution in [2.45, 2.75) is 12.8 Å². The lowest BCUT2D eigenvalue weighted by atomic mass is 10.1. The van der Waals surface area contributed by atoms with Crippen molar-refractivity contribution in [3.63, 3.8) is 0 Å². The van der Waals surface area contributed by atoms with E-state index in [4.69, 9.17) is 0 Å². The zero-order valence-corrected chi connectivity index (χ0v) is 9.71. The van der Waals surface area contributed by atoms with Crippen LogP contribution >= 0.6 is 15.9 Å². The molecule has 1 unspecified atom stereocenters. The molecule has 1 aromatic heterocycles. The van der Waals surface area contributed by atoms with E-state index in [9.17, 15) is 8.78 Å². The fourth-order valence-corrected chi connectivity index (χ4v) is 1.76. The molecule has 1 aliphatic rings. The highest BCUT2D eigenvalue weighted by Crippen LogP contribution is 2.34. The molecular weight excluding hydrogens is 268 g/mol. The highest BCUT2D eigenvalue weighted by atomic mass is 79.9. The maximum absolute atomic E-state index is 13.2. The first-order valence-corrected chi connectivity index (χ1v) is 5.38. The van der Waals surface area contributed by atoms with Gasteiger partial charge in [-0.3, -0.25) is 0 Å². The van der Waals surface area contributed by atoms with E-state index in [1.54, 1.807) is 19.3 Å². The van der Waals surface area contributed by atoms with Gasteiger partial charge in [0.1, 0.15) is 0 Å². The molecule has 2 heterocycles. The van der Waals surface area contributed by atoms with Crippen LogP contribution in [0.5, 0.6) is 0 Å². The summed E-state index contributed by atoms with van der Waals surface area (Å²) in [6.45, 7) is 1.54. The summed E-state index contributed by atoms with van der Waals surface area (Å²) in [6.07, 6.45) is 3.12. The van der Waals surface area contributed by atoms with Crippen LogP contribution in [0.2, 0.25) is 0 Å². The van der Waals surface area contributed by atoms with Gasteiger partial charge in [-0.15, -0.1) is 0 Å². The first-order valence-electron chi connectivity index (χ1n) is 4.59. The van der Waals surface area contributed by atoms with Gasteiger partial charge in [0.15, 0.2) is 0 Å².